The molecule has 0 spiro atoms. The largest absolute Gasteiger partial charge is 0.240 e. The van der Waals surface area contributed by atoms with Crippen LogP contribution in [0.15, 0.2) is 17.0 Å². The van der Waals surface area contributed by atoms with E-state index in [2.05, 4.69) is 24.6 Å². The van der Waals surface area contributed by atoms with Gasteiger partial charge in [0.05, 0.1) is 17.4 Å². The highest BCUT2D eigenvalue weighted by molar-refractivity contribution is 7.89. The van der Waals surface area contributed by atoms with Crippen molar-refractivity contribution in [3.8, 4) is 6.07 Å². The number of benzene rings is 1. The van der Waals surface area contributed by atoms with Crippen LogP contribution in [0.3, 0.4) is 0 Å². The molecule has 0 aliphatic rings. The first-order valence-electron chi connectivity index (χ1n) is 7.25. The lowest BCUT2D eigenvalue weighted by Crippen LogP contribution is -2.21. The van der Waals surface area contributed by atoms with Crippen molar-refractivity contribution in [1.29, 1.82) is 5.26 Å². The van der Waals surface area contributed by atoms with Gasteiger partial charge in [-0.2, -0.15) is 5.26 Å². The van der Waals surface area contributed by atoms with E-state index in [1.807, 2.05) is 19.9 Å². The van der Waals surface area contributed by atoms with Gasteiger partial charge in [0.2, 0.25) is 10.0 Å². The molecule has 0 bridgehead atoms. The second-order valence-corrected chi connectivity index (χ2v) is 7.45. The zero-order valence-corrected chi connectivity index (χ0v) is 14.2. The molecule has 0 aliphatic heterocycles. The topological polar surface area (TPSA) is 70.0 Å². The zero-order valence-electron chi connectivity index (χ0n) is 13.4. The molecule has 5 heteroatoms. The van der Waals surface area contributed by atoms with E-state index in [9.17, 15) is 8.42 Å². The fraction of sp³-hybridized carbons (Fsp3) is 0.562. The van der Waals surface area contributed by atoms with Crippen LogP contribution in [0.2, 0.25) is 0 Å². The first-order valence-corrected chi connectivity index (χ1v) is 8.73. The molecule has 1 rings (SSSR count). The van der Waals surface area contributed by atoms with Crippen LogP contribution < -0.4 is 4.72 Å². The number of nitrogens with one attached hydrogen (secondary N) is 1. The predicted molar refractivity (Wildman–Crippen MR) is 84.8 cm³/mol. The van der Waals surface area contributed by atoms with Gasteiger partial charge in [-0.25, -0.2) is 13.1 Å². The van der Waals surface area contributed by atoms with Gasteiger partial charge in [0.15, 0.2) is 0 Å². The van der Waals surface area contributed by atoms with Gasteiger partial charge >= 0.3 is 0 Å². The maximum Gasteiger partial charge on any atom is 0.240 e. The van der Waals surface area contributed by atoms with E-state index in [0.29, 0.717) is 11.3 Å². The first kappa shape index (κ1) is 17.7. The summed E-state index contributed by atoms with van der Waals surface area (Å²) in [5.74, 6) is 0.298. The van der Waals surface area contributed by atoms with Gasteiger partial charge in [0.25, 0.3) is 0 Å². The maximum atomic E-state index is 12.3. The van der Waals surface area contributed by atoms with E-state index in [1.54, 1.807) is 6.07 Å². The van der Waals surface area contributed by atoms with Crippen LogP contribution in [0, 0.1) is 11.3 Å². The second kappa shape index (κ2) is 7.06. The molecule has 1 N–H and O–H groups in total. The summed E-state index contributed by atoms with van der Waals surface area (Å²) in [4.78, 5) is 0.331. The standard InChI is InChI=1S/C16H24N2O2S/c1-6-12(4)15-10-16(21(19,20)18-5)14(11(2)3)9-13(15)7-8-17/h9-12,18H,6-7H2,1-5H3. The Bertz CT molecular complexity index is 643. The summed E-state index contributed by atoms with van der Waals surface area (Å²) in [6.45, 7) is 8.04. The van der Waals surface area contributed by atoms with E-state index >= 15 is 0 Å². The Morgan fingerprint density at radius 1 is 1.24 bits per heavy atom. The summed E-state index contributed by atoms with van der Waals surface area (Å²) < 4.78 is 27.0. The normalized spacial score (nSPS) is 13.2. The van der Waals surface area contributed by atoms with Gasteiger partial charge in [0, 0.05) is 0 Å². The number of nitrogens with zero attached hydrogens (tertiary/aromatic N) is 1. The summed E-state index contributed by atoms with van der Waals surface area (Å²) in [7, 11) is -2.08. The Kier molecular flexibility index (Phi) is 5.94. The van der Waals surface area contributed by atoms with Crippen molar-refractivity contribution in [2.75, 3.05) is 7.05 Å². The second-order valence-electron chi connectivity index (χ2n) is 5.60. The van der Waals surface area contributed by atoms with Crippen LogP contribution in [0.1, 0.15) is 62.6 Å². The smallest absolute Gasteiger partial charge is 0.214 e. The molecule has 4 nitrogen and oxygen atoms in total. The Labute approximate surface area is 128 Å². The van der Waals surface area contributed by atoms with E-state index in [1.165, 1.54) is 7.05 Å². The lowest BCUT2D eigenvalue weighted by molar-refractivity contribution is 0.585. The molecule has 0 fully saturated rings. The Balaban J connectivity index is 3.68. The van der Waals surface area contributed by atoms with E-state index < -0.39 is 10.0 Å². The number of hydrogen-bond donors (Lipinski definition) is 1. The molecule has 0 radical (unpaired) electrons. The van der Waals surface area contributed by atoms with Gasteiger partial charge in [-0.15, -0.1) is 0 Å². The van der Waals surface area contributed by atoms with Gasteiger partial charge in [0.1, 0.15) is 0 Å². The van der Waals surface area contributed by atoms with Crippen molar-refractivity contribution in [3.63, 3.8) is 0 Å². The molecular formula is C16H24N2O2S. The molecule has 1 unspecified atom stereocenters. The Morgan fingerprint density at radius 2 is 1.86 bits per heavy atom. The first-order chi connectivity index (χ1) is 9.78. The average Bonchev–Trinajstić information content (AvgIpc) is 2.46. The minimum absolute atomic E-state index is 0.0755. The highest BCUT2D eigenvalue weighted by atomic mass is 32.2. The molecule has 116 valence electrons. The third-order valence-corrected chi connectivity index (χ3v) is 5.33. The number of sulfonamides is 1. The number of hydrogen-bond acceptors (Lipinski definition) is 3. The highest BCUT2D eigenvalue weighted by Crippen LogP contribution is 2.32. The van der Waals surface area contributed by atoms with Crippen molar-refractivity contribution in [1.82, 2.24) is 4.72 Å². The van der Waals surface area contributed by atoms with E-state index in [-0.39, 0.29) is 11.8 Å². The van der Waals surface area contributed by atoms with Crippen LogP contribution in [-0.2, 0) is 16.4 Å². The molecule has 1 aromatic carbocycles. The van der Waals surface area contributed by atoms with Crippen molar-refractivity contribution < 1.29 is 8.42 Å². The van der Waals surface area contributed by atoms with Crippen LogP contribution in [0.5, 0.6) is 0 Å². The van der Waals surface area contributed by atoms with E-state index in [4.69, 9.17) is 5.26 Å². The average molecular weight is 308 g/mol. The molecule has 0 saturated heterocycles. The van der Waals surface area contributed by atoms with Crippen molar-refractivity contribution in [2.45, 2.75) is 57.3 Å². The van der Waals surface area contributed by atoms with Crippen molar-refractivity contribution >= 4 is 10.0 Å². The van der Waals surface area contributed by atoms with Crippen LogP contribution in [0.4, 0.5) is 0 Å². The molecule has 1 aromatic rings. The molecule has 0 aromatic heterocycles. The SMILES string of the molecule is CCC(C)c1cc(S(=O)(=O)NC)c(C(C)C)cc1CC#N. The maximum absolute atomic E-state index is 12.3. The fourth-order valence-corrected chi connectivity index (χ4v) is 3.48. The summed E-state index contributed by atoms with van der Waals surface area (Å²) in [5.41, 5.74) is 2.66. The summed E-state index contributed by atoms with van der Waals surface area (Å²) in [5, 5.41) is 9.02. The number of nitriles is 1. The van der Waals surface area contributed by atoms with Crippen molar-refractivity contribution in [2.24, 2.45) is 0 Å². The third-order valence-electron chi connectivity index (χ3n) is 3.86. The third kappa shape index (κ3) is 3.84. The summed E-state index contributed by atoms with van der Waals surface area (Å²) >= 11 is 0. The lowest BCUT2D eigenvalue weighted by atomic mass is 9.89. The molecule has 0 heterocycles. The summed E-state index contributed by atoms with van der Waals surface area (Å²) in [6, 6.07) is 5.82. The molecule has 0 aliphatic carbocycles. The minimum Gasteiger partial charge on any atom is -0.214 e. The Morgan fingerprint density at radius 3 is 2.29 bits per heavy atom. The Hall–Kier alpha value is -1.38. The molecule has 1 atom stereocenters. The monoisotopic (exact) mass is 308 g/mol. The van der Waals surface area contributed by atoms with Gasteiger partial charge in [-0.05, 0) is 48.1 Å². The fourth-order valence-electron chi connectivity index (χ4n) is 2.37. The van der Waals surface area contributed by atoms with E-state index in [0.717, 1.165) is 23.1 Å². The number of rotatable bonds is 6. The van der Waals surface area contributed by atoms with Crippen LogP contribution in [-0.4, -0.2) is 15.5 Å². The highest BCUT2D eigenvalue weighted by Gasteiger charge is 2.22. The van der Waals surface area contributed by atoms with Gasteiger partial charge in [-0.3, -0.25) is 0 Å². The molecule has 0 amide bonds. The van der Waals surface area contributed by atoms with Gasteiger partial charge in [-0.1, -0.05) is 33.8 Å². The van der Waals surface area contributed by atoms with Gasteiger partial charge < -0.3 is 0 Å². The van der Waals surface area contributed by atoms with Crippen LogP contribution in [0.25, 0.3) is 0 Å². The quantitative estimate of drug-likeness (QED) is 0.876. The minimum atomic E-state index is -3.50. The molecule has 21 heavy (non-hydrogen) atoms. The zero-order chi connectivity index (χ0) is 16.2. The molecular weight excluding hydrogens is 284 g/mol. The van der Waals surface area contributed by atoms with Crippen molar-refractivity contribution in [3.05, 3.63) is 28.8 Å². The van der Waals surface area contributed by atoms with Crippen LogP contribution >= 0.6 is 0 Å². The predicted octanol–water partition coefficient (Wildman–Crippen LogP) is 3.30. The summed E-state index contributed by atoms with van der Waals surface area (Å²) in [6.07, 6.45) is 1.21. The molecule has 0 saturated carbocycles. The lowest BCUT2D eigenvalue weighted by Gasteiger charge is -2.20.